The highest BCUT2D eigenvalue weighted by Gasteiger charge is 2.30. The van der Waals surface area contributed by atoms with Gasteiger partial charge in [-0.3, -0.25) is 29.4 Å². The van der Waals surface area contributed by atoms with Gasteiger partial charge in [0.15, 0.2) is 5.13 Å². The highest BCUT2D eigenvalue weighted by molar-refractivity contribution is 7.13. The quantitative estimate of drug-likeness (QED) is 0.616. The first kappa shape index (κ1) is 19.5. The topological polar surface area (TPSA) is 108 Å². The Labute approximate surface area is 175 Å². The van der Waals surface area contributed by atoms with Crippen molar-refractivity contribution < 1.29 is 19.2 Å². The number of aromatic nitrogens is 1. The molecule has 0 aliphatic carbocycles. The second kappa shape index (κ2) is 8.26. The Hall–Kier alpha value is -3.85. The molecule has 3 aromatic rings. The van der Waals surface area contributed by atoms with Crippen LogP contribution in [0.1, 0.15) is 33.6 Å². The molecular formula is C21H16N4O4S. The highest BCUT2D eigenvalue weighted by Crippen LogP contribution is 2.24. The van der Waals surface area contributed by atoms with Gasteiger partial charge in [-0.2, -0.15) is 0 Å². The Morgan fingerprint density at radius 3 is 2.27 bits per heavy atom. The van der Waals surface area contributed by atoms with Crippen molar-refractivity contribution in [2.24, 2.45) is 0 Å². The molecule has 1 fully saturated rings. The van der Waals surface area contributed by atoms with E-state index in [4.69, 9.17) is 0 Å². The second-order valence-corrected chi connectivity index (χ2v) is 7.36. The number of benzene rings is 2. The first-order valence-corrected chi connectivity index (χ1v) is 9.98. The number of carbonyl (C=O) groups excluding carboxylic acids is 4. The first-order chi connectivity index (χ1) is 14.5. The summed E-state index contributed by atoms with van der Waals surface area (Å²) in [6.45, 7) is 0. The third kappa shape index (κ3) is 3.96. The van der Waals surface area contributed by atoms with Crippen LogP contribution < -0.4 is 15.5 Å². The largest absolute Gasteiger partial charge is 0.321 e. The summed E-state index contributed by atoms with van der Waals surface area (Å²) in [4.78, 5) is 54.0. The maximum Gasteiger partial charge on any atom is 0.259 e. The van der Waals surface area contributed by atoms with E-state index in [0.717, 1.165) is 4.90 Å². The SMILES string of the molecule is O=C(Nc1ccccc1C(=O)Nc1nccs1)c1ccc(N2C(=O)CCC2=O)cc1. The molecule has 30 heavy (non-hydrogen) atoms. The maximum atomic E-state index is 12.7. The normalized spacial score (nSPS) is 13.4. The highest BCUT2D eigenvalue weighted by atomic mass is 32.1. The number of hydrogen-bond donors (Lipinski definition) is 2. The predicted molar refractivity (Wildman–Crippen MR) is 113 cm³/mol. The van der Waals surface area contributed by atoms with Gasteiger partial charge in [0.25, 0.3) is 11.8 Å². The Morgan fingerprint density at radius 2 is 1.60 bits per heavy atom. The van der Waals surface area contributed by atoms with Crippen LogP contribution in [0.25, 0.3) is 0 Å². The van der Waals surface area contributed by atoms with Crippen molar-refractivity contribution in [2.45, 2.75) is 12.8 Å². The molecule has 2 aromatic carbocycles. The van der Waals surface area contributed by atoms with Gasteiger partial charge in [-0.25, -0.2) is 4.98 Å². The molecule has 1 aliphatic rings. The zero-order valence-electron chi connectivity index (χ0n) is 15.6. The molecule has 0 spiro atoms. The summed E-state index contributed by atoms with van der Waals surface area (Å²) in [5, 5.41) is 7.62. The monoisotopic (exact) mass is 420 g/mol. The number of amides is 4. The molecule has 0 unspecified atom stereocenters. The van der Waals surface area contributed by atoms with Crippen LogP contribution in [-0.4, -0.2) is 28.6 Å². The van der Waals surface area contributed by atoms with Gasteiger partial charge in [0.2, 0.25) is 11.8 Å². The lowest BCUT2D eigenvalue weighted by molar-refractivity contribution is -0.121. The van der Waals surface area contributed by atoms with E-state index in [9.17, 15) is 19.2 Å². The predicted octanol–water partition coefficient (Wildman–Crippen LogP) is 3.30. The lowest BCUT2D eigenvalue weighted by Gasteiger charge is -2.14. The molecule has 2 N–H and O–H groups in total. The van der Waals surface area contributed by atoms with Crippen molar-refractivity contribution in [3.63, 3.8) is 0 Å². The number of anilines is 3. The molecule has 0 saturated carbocycles. The maximum absolute atomic E-state index is 12.7. The summed E-state index contributed by atoms with van der Waals surface area (Å²) in [5.74, 6) is -1.31. The van der Waals surface area contributed by atoms with E-state index in [2.05, 4.69) is 15.6 Å². The number of imide groups is 1. The van der Waals surface area contributed by atoms with E-state index in [1.807, 2.05) is 0 Å². The number of para-hydroxylation sites is 1. The standard InChI is InChI=1S/C21H16N4O4S/c26-17-9-10-18(27)25(17)14-7-5-13(6-8-14)19(28)23-16-4-2-1-3-15(16)20(29)24-21-22-11-12-30-21/h1-8,11-12H,9-10H2,(H,23,28)(H,22,24,29). The van der Waals surface area contributed by atoms with Crippen molar-refractivity contribution in [1.29, 1.82) is 0 Å². The molecule has 2 heterocycles. The fourth-order valence-corrected chi connectivity index (χ4v) is 3.58. The third-order valence-electron chi connectivity index (χ3n) is 4.51. The molecule has 1 saturated heterocycles. The van der Waals surface area contributed by atoms with Crippen LogP contribution >= 0.6 is 11.3 Å². The van der Waals surface area contributed by atoms with Crippen LogP contribution in [0.3, 0.4) is 0 Å². The molecule has 4 rings (SSSR count). The van der Waals surface area contributed by atoms with Crippen LogP contribution in [0.2, 0.25) is 0 Å². The van der Waals surface area contributed by atoms with Gasteiger partial charge >= 0.3 is 0 Å². The Morgan fingerprint density at radius 1 is 0.900 bits per heavy atom. The molecule has 1 aromatic heterocycles. The van der Waals surface area contributed by atoms with Crippen molar-refractivity contribution in [2.75, 3.05) is 15.5 Å². The van der Waals surface area contributed by atoms with Crippen LogP contribution in [0, 0.1) is 0 Å². The number of carbonyl (C=O) groups is 4. The smallest absolute Gasteiger partial charge is 0.259 e. The fourth-order valence-electron chi connectivity index (χ4n) is 3.06. The molecule has 0 bridgehead atoms. The van der Waals surface area contributed by atoms with Gasteiger partial charge in [0, 0.05) is 30.0 Å². The molecule has 8 nitrogen and oxygen atoms in total. The van der Waals surface area contributed by atoms with Crippen molar-refractivity contribution >= 4 is 51.5 Å². The van der Waals surface area contributed by atoms with Crippen LogP contribution in [-0.2, 0) is 9.59 Å². The van der Waals surface area contributed by atoms with Crippen molar-refractivity contribution in [1.82, 2.24) is 4.98 Å². The van der Waals surface area contributed by atoms with Crippen LogP contribution in [0.5, 0.6) is 0 Å². The van der Waals surface area contributed by atoms with Gasteiger partial charge in [-0.15, -0.1) is 11.3 Å². The first-order valence-electron chi connectivity index (χ1n) is 9.10. The number of nitrogens with zero attached hydrogens (tertiary/aromatic N) is 2. The van der Waals surface area contributed by atoms with E-state index < -0.39 is 5.91 Å². The number of thiazole rings is 1. The molecule has 150 valence electrons. The number of rotatable bonds is 5. The van der Waals surface area contributed by atoms with Crippen LogP contribution in [0.4, 0.5) is 16.5 Å². The van der Waals surface area contributed by atoms with E-state index in [1.54, 1.807) is 48.0 Å². The lowest BCUT2D eigenvalue weighted by atomic mass is 10.1. The summed E-state index contributed by atoms with van der Waals surface area (Å²) >= 11 is 1.29. The van der Waals surface area contributed by atoms with E-state index in [-0.39, 0.29) is 30.6 Å². The Kier molecular flexibility index (Phi) is 5.36. The fraction of sp³-hybridized carbons (Fsp3) is 0.0952. The van der Waals surface area contributed by atoms with E-state index >= 15 is 0 Å². The minimum absolute atomic E-state index is 0.195. The molecule has 9 heteroatoms. The summed E-state index contributed by atoms with van der Waals surface area (Å²) in [6, 6.07) is 12.8. The summed E-state index contributed by atoms with van der Waals surface area (Å²) in [6.07, 6.45) is 1.97. The van der Waals surface area contributed by atoms with Gasteiger partial charge in [-0.1, -0.05) is 12.1 Å². The average molecular weight is 420 g/mol. The minimum Gasteiger partial charge on any atom is -0.321 e. The third-order valence-corrected chi connectivity index (χ3v) is 5.20. The van der Waals surface area contributed by atoms with Gasteiger partial charge in [0.05, 0.1) is 16.9 Å². The van der Waals surface area contributed by atoms with Gasteiger partial charge in [-0.05, 0) is 36.4 Å². The summed E-state index contributed by atoms with van der Waals surface area (Å²) in [5.41, 5.74) is 1.41. The van der Waals surface area contributed by atoms with Crippen molar-refractivity contribution in [3.05, 3.63) is 71.2 Å². The van der Waals surface area contributed by atoms with Gasteiger partial charge < -0.3 is 5.32 Å². The molecule has 4 amide bonds. The van der Waals surface area contributed by atoms with E-state index in [1.165, 1.54) is 23.5 Å². The van der Waals surface area contributed by atoms with Gasteiger partial charge in [0.1, 0.15) is 0 Å². The molecule has 0 radical (unpaired) electrons. The second-order valence-electron chi connectivity index (χ2n) is 6.46. The zero-order valence-corrected chi connectivity index (χ0v) is 16.4. The Balaban J connectivity index is 1.50. The Bertz CT molecular complexity index is 1110. The summed E-state index contributed by atoms with van der Waals surface area (Å²) < 4.78 is 0. The van der Waals surface area contributed by atoms with Crippen molar-refractivity contribution in [3.8, 4) is 0 Å². The minimum atomic E-state index is -0.421. The number of hydrogen-bond acceptors (Lipinski definition) is 6. The molecular weight excluding hydrogens is 404 g/mol. The number of nitrogens with one attached hydrogen (secondary N) is 2. The molecule has 0 atom stereocenters. The average Bonchev–Trinajstić information content (AvgIpc) is 3.38. The van der Waals surface area contributed by atoms with Crippen LogP contribution in [0.15, 0.2) is 60.1 Å². The molecule has 1 aliphatic heterocycles. The zero-order chi connectivity index (χ0) is 21.1. The summed E-state index contributed by atoms with van der Waals surface area (Å²) in [7, 11) is 0. The lowest BCUT2D eigenvalue weighted by Crippen LogP contribution is -2.28. The van der Waals surface area contributed by atoms with E-state index in [0.29, 0.717) is 27.6 Å².